The molecule has 4 nitrogen and oxygen atoms in total. The summed E-state index contributed by atoms with van der Waals surface area (Å²) in [6.07, 6.45) is 1.48. The van der Waals surface area contributed by atoms with Crippen LogP contribution in [0.2, 0.25) is 5.02 Å². The molecule has 0 aliphatic carbocycles. The maximum absolute atomic E-state index is 13.1. The van der Waals surface area contributed by atoms with Crippen LogP contribution in [-0.2, 0) is 9.84 Å². The van der Waals surface area contributed by atoms with Gasteiger partial charge < -0.3 is 5.11 Å². The van der Waals surface area contributed by atoms with E-state index >= 15 is 0 Å². The summed E-state index contributed by atoms with van der Waals surface area (Å²) in [6.45, 7) is 3.66. The van der Waals surface area contributed by atoms with E-state index in [0.717, 1.165) is 5.56 Å². The summed E-state index contributed by atoms with van der Waals surface area (Å²) >= 11 is 6.00. The number of hydrogen-bond donors (Lipinski definition) is 1. The number of halogens is 1. The van der Waals surface area contributed by atoms with Gasteiger partial charge in [-0.2, -0.15) is 0 Å². The summed E-state index contributed by atoms with van der Waals surface area (Å²) in [5.41, 5.74) is 1.81. The monoisotopic (exact) mass is 347 g/mol. The smallest absolute Gasteiger partial charge is 0.207 e. The molecule has 3 rings (SSSR count). The first-order valence-corrected chi connectivity index (χ1v) is 8.77. The molecule has 1 heterocycles. The van der Waals surface area contributed by atoms with E-state index < -0.39 is 9.84 Å². The quantitative estimate of drug-likeness (QED) is 0.759. The molecular weight excluding hydrogens is 334 g/mol. The van der Waals surface area contributed by atoms with Gasteiger partial charge in [0.05, 0.1) is 14.8 Å². The van der Waals surface area contributed by atoms with Crippen molar-refractivity contribution in [1.29, 1.82) is 0 Å². The van der Waals surface area contributed by atoms with Crippen LogP contribution in [0.1, 0.15) is 11.1 Å². The molecule has 1 aromatic heterocycles. The number of sulfone groups is 1. The lowest BCUT2D eigenvalue weighted by Crippen LogP contribution is -2.05. The summed E-state index contributed by atoms with van der Waals surface area (Å²) in [6, 6.07) is 9.65. The van der Waals surface area contributed by atoms with Gasteiger partial charge in [-0.05, 0) is 43.7 Å². The molecule has 0 aliphatic rings. The topological polar surface area (TPSA) is 67.3 Å². The van der Waals surface area contributed by atoms with Crippen molar-refractivity contribution in [2.24, 2.45) is 0 Å². The van der Waals surface area contributed by atoms with Crippen molar-refractivity contribution in [3.8, 4) is 5.75 Å². The fourth-order valence-corrected chi connectivity index (χ4v) is 4.57. The highest BCUT2D eigenvalue weighted by atomic mass is 35.5. The predicted octanol–water partition coefficient (Wildman–Crippen LogP) is 4.04. The molecular formula is C17H14ClNO3S. The number of hydrogen-bond acceptors (Lipinski definition) is 4. The fourth-order valence-electron chi connectivity index (χ4n) is 2.61. The Morgan fingerprint density at radius 1 is 1.09 bits per heavy atom. The van der Waals surface area contributed by atoms with Crippen molar-refractivity contribution in [2.75, 3.05) is 0 Å². The zero-order chi connectivity index (χ0) is 16.8. The summed E-state index contributed by atoms with van der Waals surface area (Å²) < 4.78 is 26.2. The molecule has 3 aromatic rings. The van der Waals surface area contributed by atoms with Crippen LogP contribution in [0.25, 0.3) is 10.9 Å². The molecule has 118 valence electrons. The minimum atomic E-state index is -3.79. The number of aromatic hydroxyl groups is 1. The van der Waals surface area contributed by atoms with Gasteiger partial charge in [0.15, 0.2) is 5.75 Å². The van der Waals surface area contributed by atoms with Crippen LogP contribution in [0.3, 0.4) is 0 Å². The maximum Gasteiger partial charge on any atom is 0.207 e. The zero-order valence-corrected chi connectivity index (χ0v) is 14.1. The van der Waals surface area contributed by atoms with Gasteiger partial charge in [0.25, 0.3) is 0 Å². The van der Waals surface area contributed by atoms with Crippen molar-refractivity contribution in [1.82, 2.24) is 4.98 Å². The minimum Gasteiger partial charge on any atom is -0.504 e. The van der Waals surface area contributed by atoms with Crippen LogP contribution in [0.15, 0.2) is 52.4 Å². The van der Waals surface area contributed by atoms with Crippen molar-refractivity contribution >= 4 is 32.3 Å². The van der Waals surface area contributed by atoms with Gasteiger partial charge in [-0.1, -0.05) is 29.3 Å². The second-order valence-electron chi connectivity index (χ2n) is 5.38. The van der Waals surface area contributed by atoms with Gasteiger partial charge in [-0.25, -0.2) is 8.42 Å². The van der Waals surface area contributed by atoms with Crippen LogP contribution in [-0.4, -0.2) is 18.5 Å². The van der Waals surface area contributed by atoms with Gasteiger partial charge in [0, 0.05) is 11.6 Å². The van der Waals surface area contributed by atoms with E-state index in [2.05, 4.69) is 4.98 Å². The van der Waals surface area contributed by atoms with Crippen molar-refractivity contribution in [3.63, 3.8) is 0 Å². The van der Waals surface area contributed by atoms with Crippen molar-refractivity contribution in [3.05, 3.63) is 58.7 Å². The number of pyridine rings is 1. The average molecular weight is 348 g/mol. The summed E-state index contributed by atoms with van der Waals surface area (Å²) in [5, 5.41) is 10.3. The molecule has 0 aliphatic heterocycles. The Kier molecular flexibility index (Phi) is 3.78. The van der Waals surface area contributed by atoms with Crippen molar-refractivity contribution in [2.45, 2.75) is 23.6 Å². The molecule has 0 atom stereocenters. The summed E-state index contributed by atoms with van der Waals surface area (Å²) in [7, 11) is -3.79. The molecule has 6 heteroatoms. The average Bonchev–Trinajstić information content (AvgIpc) is 2.50. The third-order valence-electron chi connectivity index (χ3n) is 3.69. The van der Waals surface area contributed by atoms with Crippen LogP contribution >= 0.6 is 11.6 Å². The van der Waals surface area contributed by atoms with E-state index in [9.17, 15) is 13.5 Å². The zero-order valence-electron chi connectivity index (χ0n) is 12.5. The van der Waals surface area contributed by atoms with E-state index in [4.69, 9.17) is 11.6 Å². The van der Waals surface area contributed by atoms with E-state index in [1.54, 1.807) is 31.2 Å². The molecule has 2 aromatic carbocycles. The van der Waals surface area contributed by atoms with Crippen LogP contribution in [0.4, 0.5) is 0 Å². The molecule has 23 heavy (non-hydrogen) atoms. The van der Waals surface area contributed by atoms with E-state index in [1.807, 2.05) is 13.0 Å². The number of phenolic OH excluding ortho intramolecular Hbond substituents is 1. The number of nitrogens with zero attached hydrogens (tertiary/aromatic N) is 1. The van der Waals surface area contributed by atoms with Crippen molar-refractivity contribution < 1.29 is 13.5 Å². The number of phenols is 1. The van der Waals surface area contributed by atoms with Gasteiger partial charge >= 0.3 is 0 Å². The number of rotatable bonds is 2. The maximum atomic E-state index is 13.1. The van der Waals surface area contributed by atoms with Gasteiger partial charge in [-0.3, -0.25) is 4.98 Å². The Labute approximate surface area is 139 Å². The Morgan fingerprint density at radius 2 is 1.83 bits per heavy atom. The molecule has 0 radical (unpaired) electrons. The van der Waals surface area contributed by atoms with Crippen LogP contribution in [0.5, 0.6) is 5.75 Å². The summed E-state index contributed by atoms with van der Waals surface area (Å²) in [4.78, 5) is 4.30. The highest BCUT2D eigenvalue weighted by Gasteiger charge is 2.25. The number of fused-ring (bicyclic) bond motifs is 1. The highest BCUT2D eigenvalue weighted by molar-refractivity contribution is 7.91. The van der Waals surface area contributed by atoms with Gasteiger partial charge in [0.1, 0.15) is 5.52 Å². The third-order valence-corrected chi connectivity index (χ3v) is 5.93. The lowest BCUT2D eigenvalue weighted by Gasteiger charge is -2.12. The standard InChI is InChI=1S/C17H14ClNO3S/c1-10-5-6-14(11(2)8-10)23(21,22)15-9-13(18)17(20)16-12(15)4-3-7-19-16/h3-9,20H,1-2H3. The number of benzene rings is 2. The Hall–Kier alpha value is -2.11. The Balaban J connectivity index is 2.38. The number of aryl methyl sites for hydroxylation is 2. The summed E-state index contributed by atoms with van der Waals surface area (Å²) in [5.74, 6) is -0.221. The molecule has 0 saturated carbocycles. The molecule has 1 N–H and O–H groups in total. The minimum absolute atomic E-state index is 0.0374. The lowest BCUT2D eigenvalue weighted by molar-refractivity contribution is 0.480. The highest BCUT2D eigenvalue weighted by Crippen LogP contribution is 2.38. The molecule has 0 fully saturated rings. The van der Waals surface area contributed by atoms with Crippen LogP contribution in [0, 0.1) is 13.8 Å². The van der Waals surface area contributed by atoms with Gasteiger partial charge in [-0.15, -0.1) is 0 Å². The largest absolute Gasteiger partial charge is 0.504 e. The molecule has 0 spiro atoms. The second-order valence-corrected chi connectivity index (χ2v) is 7.67. The first kappa shape index (κ1) is 15.8. The lowest BCUT2D eigenvalue weighted by atomic mass is 10.2. The molecule has 0 saturated heterocycles. The Bertz CT molecular complexity index is 1030. The number of aromatic nitrogens is 1. The molecule has 0 bridgehead atoms. The second kappa shape index (κ2) is 5.51. The van der Waals surface area contributed by atoms with E-state index in [0.29, 0.717) is 10.9 Å². The Morgan fingerprint density at radius 3 is 2.52 bits per heavy atom. The van der Waals surface area contributed by atoms with Gasteiger partial charge in [0.2, 0.25) is 9.84 Å². The molecule has 0 unspecified atom stereocenters. The van der Waals surface area contributed by atoms with E-state index in [1.165, 1.54) is 12.3 Å². The first-order chi connectivity index (χ1) is 10.8. The van der Waals surface area contributed by atoms with Crippen LogP contribution < -0.4 is 0 Å². The first-order valence-electron chi connectivity index (χ1n) is 6.91. The fraction of sp³-hybridized carbons (Fsp3) is 0.118. The normalized spacial score (nSPS) is 11.8. The van der Waals surface area contributed by atoms with E-state index in [-0.39, 0.29) is 26.1 Å². The SMILES string of the molecule is Cc1ccc(S(=O)(=O)c2cc(Cl)c(O)c3ncccc23)c(C)c1. The third kappa shape index (κ3) is 2.56. The predicted molar refractivity (Wildman–Crippen MR) is 89.8 cm³/mol. The molecule has 0 amide bonds.